The fourth-order valence-electron chi connectivity index (χ4n) is 3.45. The second-order valence-corrected chi connectivity index (χ2v) is 6.79. The minimum absolute atomic E-state index is 0.0478. The Kier molecular flexibility index (Phi) is 4.57. The van der Waals surface area contributed by atoms with Gasteiger partial charge in [0.15, 0.2) is 0 Å². The Morgan fingerprint density at radius 1 is 1.44 bits per heavy atom. The summed E-state index contributed by atoms with van der Waals surface area (Å²) in [4.78, 5) is 23.4. The van der Waals surface area contributed by atoms with E-state index in [0.29, 0.717) is 12.0 Å². The van der Waals surface area contributed by atoms with Gasteiger partial charge in [0.1, 0.15) is 5.56 Å². The van der Waals surface area contributed by atoms with Crippen molar-refractivity contribution in [2.75, 3.05) is 0 Å². The van der Waals surface area contributed by atoms with Gasteiger partial charge >= 0.3 is 0 Å². The van der Waals surface area contributed by atoms with E-state index < -0.39 is 4.92 Å². The predicted molar refractivity (Wildman–Crippen MR) is 93.7 cm³/mol. The van der Waals surface area contributed by atoms with Gasteiger partial charge < -0.3 is 5.32 Å². The number of nitrogens with one attached hydrogen (secondary N) is 1. The van der Waals surface area contributed by atoms with Crippen LogP contribution in [0.15, 0.2) is 24.4 Å². The molecule has 1 aromatic carbocycles. The summed E-state index contributed by atoms with van der Waals surface area (Å²) >= 11 is 0. The second kappa shape index (κ2) is 6.66. The number of aryl methyl sites for hydroxylation is 2. The summed E-state index contributed by atoms with van der Waals surface area (Å²) in [6.07, 6.45) is 4.25. The lowest BCUT2D eigenvalue weighted by Gasteiger charge is -2.25. The first-order valence-electron chi connectivity index (χ1n) is 8.48. The van der Waals surface area contributed by atoms with Crippen LogP contribution < -0.4 is 5.32 Å². The summed E-state index contributed by atoms with van der Waals surface area (Å²) in [5.74, 6) is -0.381. The number of carbonyl (C=O) groups excluding carboxylic acids is 1. The van der Waals surface area contributed by atoms with Gasteiger partial charge in [-0.3, -0.25) is 19.6 Å². The number of amides is 1. The van der Waals surface area contributed by atoms with Gasteiger partial charge in [0.25, 0.3) is 11.6 Å². The molecule has 25 heavy (non-hydrogen) atoms. The molecule has 1 heterocycles. The SMILES string of the molecule is Cc1cccc([N+](=O)[O-])c1C(=O)NC1CCc2cnn(C(C)C)c2C1. The third-order valence-electron chi connectivity index (χ3n) is 4.69. The van der Waals surface area contributed by atoms with Crippen LogP contribution >= 0.6 is 0 Å². The predicted octanol–water partition coefficient (Wildman–Crippen LogP) is 2.97. The summed E-state index contributed by atoms with van der Waals surface area (Å²) in [5.41, 5.74) is 2.97. The molecule has 1 aromatic heterocycles. The van der Waals surface area contributed by atoms with E-state index in [9.17, 15) is 14.9 Å². The minimum atomic E-state index is -0.505. The average Bonchev–Trinajstić information content (AvgIpc) is 2.97. The van der Waals surface area contributed by atoms with Crippen LogP contribution in [0.5, 0.6) is 0 Å². The van der Waals surface area contributed by atoms with Crippen molar-refractivity contribution < 1.29 is 9.72 Å². The standard InChI is InChI=1S/C18H22N4O3/c1-11(2)21-16-9-14(8-7-13(16)10-19-21)20-18(23)17-12(3)5-4-6-15(17)22(24)25/h4-6,10-11,14H,7-9H2,1-3H3,(H,20,23). The first-order chi connectivity index (χ1) is 11.9. The molecule has 0 bridgehead atoms. The van der Waals surface area contributed by atoms with Gasteiger partial charge in [0.2, 0.25) is 0 Å². The maximum atomic E-state index is 12.7. The van der Waals surface area contributed by atoms with Crippen molar-refractivity contribution in [2.45, 2.75) is 52.1 Å². The molecule has 1 atom stereocenters. The highest BCUT2D eigenvalue weighted by molar-refractivity contribution is 5.99. The maximum absolute atomic E-state index is 12.7. The molecule has 0 spiro atoms. The van der Waals surface area contributed by atoms with Crippen LogP contribution in [0.3, 0.4) is 0 Å². The number of benzene rings is 1. The zero-order chi connectivity index (χ0) is 18.1. The van der Waals surface area contributed by atoms with Crippen molar-refractivity contribution in [3.05, 3.63) is 56.9 Å². The summed E-state index contributed by atoms with van der Waals surface area (Å²) in [6, 6.07) is 4.89. The lowest BCUT2D eigenvalue weighted by molar-refractivity contribution is -0.385. The molecule has 1 unspecified atom stereocenters. The molecule has 1 aliphatic rings. The van der Waals surface area contributed by atoms with Crippen molar-refractivity contribution in [3.8, 4) is 0 Å². The molecule has 3 rings (SSSR count). The fourth-order valence-corrected chi connectivity index (χ4v) is 3.45. The van der Waals surface area contributed by atoms with E-state index in [1.165, 1.54) is 11.6 Å². The highest BCUT2D eigenvalue weighted by atomic mass is 16.6. The largest absolute Gasteiger partial charge is 0.349 e. The Labute approximate surface area is 146 Å². The topological polar surface area (TPSA) is 90.1 Å². The van der Waals surface area contributed by atoms with E-state index in [1.54, 1.807) is 19.1 Å². The number of nitro groups is 1. The smallest absolute Gasteiger partial charge is 0.282 e. The molecule has 0 aliphatic heterocycles. The van der Waals surface area contributed by atoms with Gasteiger partial charge in [-0.2, -0.15) is 5.10 Å². The Hall–Kier alpha value is -2.70. The van der Waals surface area contributed by atoms with Gasteiger partial charge in [-0.05, 0) is 44.7 Å². The third kappa shape index (κ3) is 3.26. The molecule has 1 N–H and O–H groups in total. The molecule has 2 aromatic rings. The zero-order valence-corrected chi connectivity index (χ0v) is 14.7. The molecular formula is C18H22N4O3. The van der Waals surface area contributed by atoms with Gasteiger partial charge in [-0.1, -0.05) is 12.1 Å². The number of nitro benzene ring substituents is 1. The van der Waals surface area contributed by atoms with Crippen LogP contribution in [0.4, 0.5) is 5.69 Å². The number of rotatable bonds is 4. The molecule has 7 heteroatoms. The first-order valence-corrected chi connectivity index (χ1v) is 8.48. The van der Waals surface area contributed by atoms with E-state index in [-0.39, 0.29) is 29.2 Å². The zero-order valence-electron chi connectivity index (χ0n) is 14.7. The quantitative estimate of drug-likeness (QED) is 0.683. The summed E-state index contributed by atoms with van der Waals surface area (Å²) in [6.45, 7) is 5.87. The minimum Gasteiger partial charge on any atom is -0.349 e. The highest BCUT2D eigenvalue weighted by Gasteiger charge is 2.28. The van der Waals surface area contributed by atoms with E-state index in [0.717, 1.165) is 18.5 Å². The molecule has 0 radical (unpaired) electrons. The molecular weight excluding hydrogens is 320 g/mol. The number of hydrogen-bond donors (Lipinski definition) is 1. The second-order valence-electron chi connectivity index (χ2n) is 6.79. The van der Waals surface area contributed by atoms with Gasteiger partial charge in [0.05, 0.1) is 11.1 Å². The van der Waals surface area contributed by atoms with Crippen molar-refractivity contribution in [1.82, 2.24) is 15.1 Å². The van der Waals surface area contributed by atoms with Crippen LogP contribution in [0.1, 0.15) is 53.5 Å². The van der Waals surface area contributed by atoms with E-state index >= 15 is 0 Å². The Bertz CT molecular complexity index is 826. The van der Waals surface area contributed by atoms with Crippen molar-refractivity contribution >= 4 is 11.6 Å². The third-order valence-corrected chi connectivity index (χ3v) is 4.69. The Morgan fingerprint density at radius 2 is 2.20 bits per heavy atom. The van der Waals surface area contributed by atoms with E-state index in [1.807, 2.05) is 10.9 Å². The highest BCUT2D eigenvalue weighted by Crippen LogP contribution is 2.25. The number of hydrogen-bond acceptors (Lipinski definition) is 4. The normalized spacial score (nSPS) is 16.6. The fraction of sp³-hybridized carbons (Fsp3) is 0.444. The Morgan fingerprint density at radius 3 is 2.88 bits per heavy atom. The molecule has 1 aliphatic carbocycles. The molecule has 0 saturated carbocycles. The number of fused-ring (bicyclic) bond motifs is 1. The summed E-state index contributed by atoms with van der Waals surface area (Å²) in [5, 5.41) is 18.7. The number of aromatic nitrogens is 2. The van der Waals surface area contributed by atoms with Crippen LogP contribution in [-0.4, -0.2) is 26.7 Å². The van der Waals surface area contributed by atoms with Crippen molar-refractivity contribution in [1.29, 1.82) is 0 Å². The average molecular weight is 342 g/mol. The first kappa shape index (κ1) is 17.1. The molecule has 7 nitrogen and oxygen atoms in total. The van der Waals surface area contributed by atoms with Gasteiger partial charge in [-0.25, -0.2) is 0 Å². The molecule has 0 fully saturated rings. The number of carbonyl (C=O) groups is 1. The summed E-state index contributed by atoms with van der Waals surface area (Å²) < 4.78 is 1.99. The molecule has 0 saturated heterocycles. The maximum Gasteiger partial charge on any atom is 0.282 e. The van der Waals surface area contributed by atoms with Crippen LogP contribution in [0.25, 0.3) is 0 Å². The van der Waals surface area contributed by atoms with Crippen molar-refractivity contribution in [2.24, 2.45) is 0 Å². The molecule has 132 valence electrons. The summed E-state index contributed by atoms with van der Waals surface area (Å²) in [7, 11) is 0. The van der Waals surface area contributed by atoms with E-state index in [4.69, 9.17) is 0 Å². The monoisotopic (exact) mass is 342 g/mol. The van der Waals surface area contributed by atoms with E-state index in [2.05, 4.69) is 24.3 Å². The van der Waals surface area contributed by atoms with Gasteiger partial charge in [0, 0.05) is 30.3 Å². The number of nitrogens with zero attached hydrogens (tertiary/aromatic N) is 3. The Balaban J connectivity index is 1.81. The molecule has 1 amide bonds. The van der Waals surface area contributed by atoms with Gasteiger partial charge in [-0.15, -0.1) is 0 Å². The lowest BCUT2D eigenvalue weighted by atomic mass is 9.92. The van der Waals surface area contributed by atoms with Crippen molar-refractivity contribution in [3.63, 3.8) is 0 Å². The lowest BCUT2D eigenvalue weighted by Crippen LogP contribution is -2.40. The van der Waals surface area contributed by atoms with Crippen LogP contribution in [0, 0.1) is 17.0 Å². The van der Waals surface area contributed by atoms with Crippen LogP contribution in [0.2, 0.25) is 0 Å². The van der Waals surface area contributed by atoms with Crippen LogP contribution in [-0.2, 0) is 12.8 Å².